The molecule has 3 fully saturated rings. The van der Waals surface area contributed by atoms with Gasteiger partial charge in [-0.1, -0.05) is 68.1 Å². The monoisotopic (exact) mass is 618 g/mol. The summed E-state index contributed by atoms with van der Waals surface area (Å²) in [5.74, 6) is -6.29. The van der Waals surface area contributed by atoms with Gasteiger partial charge in [0.2, 0.25) is 0 Å². The average Bonchev–Trinajstić information content (AvgIpc) is 3.30. The minimum absolute atomic E-state index is 0.0976. The van der Waals surface area contributed by atoms with Gasteiger partial charge in [-0.2, -0.15) is 0 Å². The number of ketones is 1. The predicted molar refractivity (Wildman–Crippen MR) is 158 cm³/mol. The summed E-state index contributed by atoms with van der Waals surface area (Å²) >= 11 is 0. The first kappa shape index (κ1) is 30.2. The topological polar surface area (TPSA) is 91.3 Å². The Kier molecular flexibility index (Phi) is 6.87. The van der Waals surface area contributed by atoms with E-state index in [0.717, 1.165) is 17.2 Å². The van der Waals surface area contributed by atoms with E-state index in [2.05, 4.69) is 6.58 Å². The molecule has 2 aromatic rings. The van der Waals surface area contributed by atoms with Crippen molar-refractivity contribution >= 4 is 11.8 Å². The lowest BCUT2D eigenvalue weighted by molar-refractivity contribution is -0.421. The highest BCUT2D eigenvalue weighted by Crippen LogP contribution is 2.68. The zero-order chi connectivity index (χ0) is 31.9. The van der Waals surface area contributed by atoms with Gasteiger partial charge in [-0.05, 0) is 54.5 Å². The highest BCUT2D eigenvalue weighted by Gasteiger charge is 2.79. The smallest absolute Gasteiger partial charge is 0.310 e. The largest absolute Gasteiger partial charge is 0.461 e. The summed E-state index contributed by atoms with van der Waals surface area (Å²) in [5.41, 5.74) is -1.36. The van der Waals surface area contributed by atoms with Gasteiger partial charge in [0, 0.05) is 23.8 Å². The Bertz CT molecular complexity index is 1670. The van der Waals surface area contributed by atoms with Crippen LogP contribution in [0.1, 0.15) is 44.7 Å². The Morgan fingerprint density at radius 2 is 1.87 bits per heavy atom. The second-order valence-corrected chi connectivity index (χ2v) is 13.4. The van der Waals surface area contributed by atoms with Gasteiger partial charge in [0.05, 0.1) is 18.4 Å². The summed E-state index contributed by atoms with van der Waals surface area (Å²) in [6.07, 6.45) is 3.37. The number of Topliss-reactive ketones (excluding diaryl/α,β-unsaturated/α-hetero) is 1. The minimum Gasteiger partial charge on any atom is -0.461 e. The van der Waals surface area contributed by atoms with Crippen LogP contribution in [0.3, 0.4) is 0 Å². The Balaban J connectivity index is 1.29. The van der Waals surface area contributed by atoms with Crippen molar-refractivity contribution in [3.05, 3.63) is 107 Å². The van der Waals surface area contributed by atoms with Crippen molar-refractivity contribution in [2.75, 3.05) is 6.61 Å². The molecule has 0 amide bonds. The molecule has 0 aromatic heterocycles. The quantitative estimate of drug-likeness (QED) is 0.332. The number of benzene rings is 2. The van der Waals surface area contributed by atoms with Gasteiger partial charge in [0.25, 0.3) is 5.97 Å². The minimum atomic E-state index is -1.87. The molecule has 8 atom stereocenters. The molecule has 2 saturated heterocycles. The van der Waals surface area contributed by atoms with Gasteiger partial charge in [0.15, 0.2) is 17.4 Å². The van der Waals surface area contributed by atoms with E-state index in [1.54, 1.807) is 6.92 Å². The summed E-state index contributed by atoms with van der Waals surface area (Å²) in [4.78, 5) is 26.5. The third-order valence-corrected chi connectivity index (χ3v) is 10.5. The van der Waals surface area contributed by atoms with Crippen molar-refractivity contribution in [1.82, 2.24) is 0 Å². The van der Waals surface area contributed by atoms with Gasteiger partial charge in [-0.3, -0.25) is 9.59 Å². The average molecular weight is 619 g/mol. The third kappa shape index (κ3) is 4.35. The lowest BCUT2D eigenvalue weighted by atomic mass is 9.55. The molecule has 9 heteroatoms. The Morgan fingerprint density at radius 3 is 2.60 bits per heavy atom. The van der Waals surface area contributed by atoms with E-state index in [4.69, 9.17) is 18.9 Å². The molecule has 0 spiro atoms. The maximum atomic E-state index is 14.2. The SMILES string of the molecule is C=C(C)[C@@]12C[C@@H](C)[C@@]34OC(Cc5ccccc5)(O[C@@H]1[C@@H]3C=C(COC(=O)Cc1cccc(F)c1F)C[C@]1(O)C(=O)C(C)=C[C@@H]41)O2. The van der Waals surface area contributed by atoms with Crippen LogP contribution in [0.25, 0.3) is 0 Å². The third-order valence-electron chi connectivity index (χ3n) is 10.5. The number of hydrogen-bond acceptors (Lipinski definition) is 7. The van der Waals surface area contributed by atoms with Crippen molar-refractivity contribution in [3.8, 4) is 0 Å². The zero-order valence-electron chi connectivity index (χ0n) is 25.5. The number of carbonyl (C=O) groups excluding carboxylic acids is 2. The van der Waals surface area contributed by atoms with Gasteiger partial charge in [0.1, 0.15) is 23.9 Å². The molecule has 1 unspecified atom stereocenters. The van der Waals surface area contributed by atoms with E-state index in [1.165, 1.54) is 12.1 Å². The zero-order valence-corrected chi connectivity index (χ0v) is 25.5. The fourth-order valence-electron chi connectivity index (χ4n) is 8.55. The molecule has 3 bridgehead atoms. The fraction of sp³-hybridized carbons (Fsp3) is 0.444. The Hall–Kier alpha value is -3.50. The molecule has 7 nitrogen and oxygen atoms in total. The molecule has 1 N–H and O–H groups in total. The molecule has 2 aliphatic heterocycles. The molecule has 236 valence electrons. The second kappa shape index (κ2) is 10.3. The van der Waals surface area contributed by atoms with E-state index in [0.29, 0.717) is 17.6 Å². The van der Waals surface area contributed by atoms with E-state index in [-0.39, 0.29) is 30.9 Å². The summed E-state index contributed by atoms with van der Waals surface area (Å²) < 4.78 is 54.2. The lowest BCUT2D eigenvalue weighted by Gasteiger charge is -2.59. The lowest BCUT2D eigenvalue weighted by Crippen LogP contribution is -2.70. The maximum absolute atomic E-state index is 14.2. The van der Waals surface area contributed by atoms with Crippen LogP contribution in [-0.2, 0) is 41.4 Å². The van der Waals surface area contributed by atoms with Crippen molar-refractivity contribution < 1.29 is 42.4 Å². The molecule has 5 aliphatic rings. The first-order valence-electron chi connectivity index (χ1n) is 15.4. The number of esters is 1. The van der Waals surface area contributed by atoms with Crippen LogP contribution >= 0.6 is 0 Å². The van der Waals surface area contributed by atoms with Crippen molar-refractivity contribution in [3.63, 3.8) is 0 Å². The number of ether oxygens (including phenoxy) is 4. The highest BCUT2D eigenvalue weighted by atomic mass is 19.2. The van der Waals surface area contributed by atoms with Gasteiger partial charge in [-0.25, -0.2) is 8.78 Å². The fourth-order valence-corrected chi connectivity index (χ4v) is 8.55. The molecular formula is C36H36F2O7. The van der Waals surface area contributed by atoms with Crippen LogP contribution in [0.2, 0.25) is 0 Å². The van der Waals surface area contributed by atoms with E-state index < -0.39 is 70.5 Å². The van der Waals surface area contributed by atoms with Crippen LogP contribution < -0.4 is 0 Å². The van der Waals surface area contributed by atoms with E-state index in [1.807, 2.05) is 56.3 Å². The predicted octanol–water partition coefficient (Wildman–Crippen LogP) is 5.31. The number of rotatable bonds is 7. The molecule has 45 heavy (non-hydrogen) atoms. The summed E-state index contributed by atoms with van der Waals surface area (Å²) in [5, 5.41) is 12.3. The van der Waals surface area contributed by atoms with Gasteiger partial charge >= 0.3 is 5.97 Å². The summed E-state index contributed by atoms with van der Waals surface area (Å²) in [6.45, 7) is 9.69. The molecule has 2 heterocycles. The summed E-state index contributed by atoms with van der Waals surface area (Å²) in [7, 11) is 0. The number of hydrogen-bond donors (Lipinski definition) is 1. The number of aliphatic hydroxyl groups is 1. The van der Waals surface area contributed by atoms with Gasteiger partial charge in [-0.15, -0.1) is 0 Å². The van der Waals surface area contributed by atoms with E-state index in [9.17, 15) is 23.5 Å². The first-order chi connectivity index (χ1) is 21.3. The molecule has 0 radical (unpaired) electrons. The van der Waals surface area contributed by atoms with Crippen molar-refractivity contribution in [2.24, 2.45) is 17.8 Å². The van der Waals surface area contributed by atoms with Crippen LogP contribution in [0.5, 0.6) is 0 Å². The van der Waals surface area contributed by atoms with Crippen LogP contribution in [0, 0.1) is 29.4 Å². The molecular weight excluding hydrogens is 582 g/mol. The Morgan fingerprint density at radius 1 is 1.11 bits per heavy atom. The van der Waals surface area contributed by atoms with Crippen molar-refractivity contribution in [2.45, 2.75) is 75.3 Å². The number of carbonyl (C=O) groups is 2. The highest BCUT2D eigenvalue weighted by molar-refractivity contribution is 6.04. The normalized spacial score (nSPS) is 37.8. The molecule has 7 rings (SSSR count). The maximum Gasteiger partial charge on any atom is 0.310 e. The Labute approximate surface area is 260 Å². The standard InChI is InChI=1S/C36H36F2O7/c1-20(2)34-16-22(4)36-26(32(34)43-35(44-34,45-36)18-23-9-6-5-7-10-23)14-24(17-33(41)28(36)13-21(3)31(33)40)19-42-29(39)15-25-11-8-12-27(37)30(25)38/h5-14,22,26,28,32,41H,1,15-19H2,2-4H3/t22-,26+,28-,32-,33-,34+,35?,36-/m1/s1. The summed E-state index contributed by atoms with van der Waals surface area (Å²) in [6, 6.07) is 13.3. The number of halogens is 2. The van der Waals surface area contributed by atoms with Crippen LogP contribution in [0.15, 0.2) is 84.0 Å². The van der Waals surface area contributed by atoms with E-state index >= 15 is 0 Å². The molecule has 2 aromatic carbocycles. The second-order valence-electron chi connectivity index (χ2n) is 13.4. The van der Waals surface area contributed by atoms with Crippen LogP contribution in [-0.4, -0.2) is 52.3 Å². The molecule has 1 saturated carbocycles. The van der Waals surface area contributed by atoms with Gasteiger partial charge < -0.3 is 24.1 Å². The number of fused-ring (bicyclic) bond motifs is 2. The molecule has 3 aliphatic carbocycles. The van der Waals surface area contributed by atoms with Crippen LogP contribution in [0.4, 0.5) is 8.78 Å². The first-order valence-corrected chi connectivity index (χ1v) is 15.4. The van der Waals surface area contributed by atoms with Crippen molar-refractivity contribution in [1.29, 1.82) is 0 Å².